The number of hydrogen-bond donors (Lipinski definition) is 1. The molecule has 0 fully saturated rings. The predicted molar refractivity (Wildman–Crippen MR) is 128 cm³/mol. The van der Waals surface area contributed by atoms with Crippen molar-refractivity contribution in [2.45, 2.75) is 20.3 Å². The Hall–Kier alpha value is -3.64. The Labute approximate surface area is 195 Å². The van der Waals surface area contributed by atoms with Gasteiger partial charge in [-0.2, -0.15) is 0 Å². The van der Waals surface area contributed by atoms with Crippen molar-refractivity contribution in [2.24, 2.45) is 0 Å². The van der Waals surface area contributed by atoms with Crippen LogP contribution in [0.15, 0.2) is 60.7 Å². The van der Waals surface area contributed by atoms with Crippen LogP contribution in [0.3, 0.4) is 0 Å². The van der Waals surface area contributed by atoms with Crippen molar-refractivity contribution >= 4 is 40.0 Å². The zero-order chi connectivity index (χ0) is 23.7. The first kappa shape index (κ1) is 22.6. The quantitative estimate of drug-likeness (QED) is 0.398. The highest BCUT2D eigenvalue weighted by atomic mass is 35.5. The Bertz CT molecular complexity index is 1380. The molecular weight excluding hydrogens is 443 g/mol. The third-order valence-corrected chi connectivity index (χ3v) is 5.86. The topological polar surface area (TPSA) is 60.3 Å². The van der Waals surface area contributed by atoms with Gasteiger partial charge in [0.25, 0.3) is 5.91 Å². The first-order valence-electron chi connectivity index (χ1n) is 10.3. The highest BCUT2D eigenvalue weighted by molar-refractivity contribution is 6.30. The molecule has 0 aliphatic heterocycles. The van der Waals surface area contributed by atoms with Crippen LogP contribution in [0.5, 0.6) is 5.75 Å². The van der Waals surface area contributed by atoms with Gasteiger partial charge in [0.2, 0.25) is 5.91 Å². The number of fused-ring (bicyclic) bond motifs is 1. The second-order valence-corrected chi connectivity index (χ2v) is 8.22. The van der Waals surface area contributed by atoms with Crippen molar-refractivity contribution in [1.29, 1.82) is 0 Å². The third-order valence-electron chi connectivity index (χ3n) is 5.63. The Morgan fingerprint density at radius 1 is 1.03 bits per heavy atom. The van der Waals surface area contributed by atoms with Crippen LogP contribution in [0.25, 0.3) is 10.9 Å². The summed E-state index contributed by atoms with van der Waals surface area (Å²) in [5.41, 5.74) is 3.83. The van der Waals surface area contributed by atoms with E-state index in [2.05, 4.69) is 5.32 Å². The van der Waals surface area contributed by atoms with Gasteiger partial charge < -0.3 is 10.1 Å². The van der Waals surface area contributed by atoms with E-state index in [4.69, 9.17) is 16.3 Å². The molecule has 4 aromatic rings. The molecule has 168 valence electrons. The largest absolute Gasteiger partial charge is 0.497 e. The fraction of sp³-hybridized carbons (Fsp3) is 0.154. The van der Waals surface area contributed by atoms with Gasteiger partial charge in [-0.15, -0.1) is 0 Å². The number of rotatable bonds is 5. The van der Waals surface area contributed by atoms with E-state index in [1.165, 1.54) is 24.3 Å². The fourth-order valence-corrected chi connectivity index (χ4v) is 4.19. The van der Waals surface area contributed by atoms with E-state index < -0.39 is 0 Å². The van der Waals surface area contributed by atoms with E-state index in [1.807, 2.05) is 26.0 Å². The molecule has 7 heteroatoms. The second-order valence-electron chi connectivity index (χ2n) is 7.78. The van der Waals surface area contributed by atoms with E-state index in [1.54, 1.807) is 35.9 Å². The van der Waals surface area contributed by atoms with Gasteiger partial charge in [-0.25, -0.2) is 4.39 Å². The zero-order valence-corrected chi connectivity index (χ0v) is 19.2. The predicted octanol–water partition coefficient (Wildman–Crippen LogP) is 5.93. The smallest absolute Gasteiger partial charge is 0.262 e. The number of halogens is 2. The minimum Gasteiger partial charge on any atom is -0.497 e. The molecule has 4 rings (SSSR count). The average Bonchev–Trinajstić information content (AvgIpc) is 3.05. The maximum Gasteiger partial charge on any atom is 0.262 e. The molecule has 0 aliphatic carbocycles. The molecule has 1 aromatic heterocycles. The first-order chi connectivity index (χ1) is 15.8. The summed E-state index contributed by atoms with van der Waals surface area (Å²) in [4.78, 5) is 26.4. The summed E-state index contributed by atoms with van der Waals surface area (Å²) < 4.78 is 20.2. The van der Waals surface area contributed by atoms with Crippen LogP contribution in [0.1, 0.15) is 27.2 Å². The van der Waals surface area contributed by atoms with Gasteiger partial charge in [0, 0.05) is 27.4 Å². The molecule has 0 saturated carbocycles. The highest BCUT2D eigenvalue weighted by Gasteiger charge is 2.23. The highest BCUT2D eigenvalue weighted by Crippen LogP contribution is 2.31. The number of hydrogen-bond acceptors (Lipinski definition) is 3. The molecule has 0 unspecified atom stereocenters. The summed E-state index contributed by atoms with van der Waals surface area (Å²) in [5.74, 6) is -0.242. The number of carbonyl (C=O) groups is 2. The summed E-state index contributed by atoms with van der Waals surface area (Å²) in [5, 5.41) is 4.09. The third kappa shape index (κ3) is 4.47. The monoisotopic (exact) mass is 464 g/mol. The van der Waals surface area contributed by atoms with Crippen LogP contribution < -0.4 is 10.1 Å². The standard InChI is InChI=1S/C26H22ClFN2O3/c1-15-12-17(27)4-10-21(15)26(32)30-16(2)22(23-13-20(33-3)9-11-24(23)30)14-25(31)29-19-7-5-18(28)6-8-19/h4-13H,14H2,1-3H3,(H,29,31). The lowest BCUT2D eigenvalue weighted by Crippen LogP contribution is -2.17. The van der Waals surface area contributed by atoms with E-state index in [9.17, 15) is 14.0 Å². The molecule has 0 aliphatic rings. The number of methoxy groups -OCH3 is 1. The summed E-state index contributed by atoms with van der Waals surface area (Å²) >= 11 is 6.07. The van der Waals surface area contributed by atoms with Gasteiger partial charge in [0.15, 0.2) is 0 Å². The molecule has 1 N–H and O–H groups in total. The lowest BCUT2D eigenvalue weighted by Gasteiger charge is -2.10. The van der Waals surface area contributed by atoms with Crippen LogP contribution in [0.2, 0.25) is 5.02 Å². The molecule has 0 atom stereocenters. The molecule has 0 saturated heterocycles. The van der Waals surface area contributed by atoms with Crippen molar-refractivity contribution in [1.82, 2.24) is 4.57 Å². The number of carbonyl (C=O) groups excluding carboxylic acids is 2. The van der Waals surface area contributed by atoms with Gasteiger partial charge in [-0.1, -0.05) is 11.6 Å². The first-order valence-corrected chi connectivity index (χ1v) is 10.7. The molecule has 5 nitrogen and oxygen atoms in total. The lowest BCUT2D eigenvalue weighted by molar-refractivity contribution is -0.115. The van der Waals surface area contributed by atoms with Gasteiger partial charge in [0.1, 0.15) is 11.6 Å². The van der Waals surface area contributed by atoms with Crippen molar-refractivity contribution in [3.8, 4) is 5.75 Å². The normalized spacial score (nSPS) is 10.9. The van der Waals surface area contributed by atoms with E-state index in [-0.39, 0.29) is 24.1 Å². The maximum absolute atomic E-state index is 13.5. The molecule has 1 amide bonds. The van der Waals surface area contributed by atoms with Gasteiger partial charge >= 0.3 is 0 Å². The summed E-state index contributed by atoms with van der Waals surface area (Å²) in [6.07, 6.45) is 0.0345. The number of amides is 1. The van der Waals surface area contributed by atoms with Gasteiger partial charge in [-0.3, -0.25) is 14.2 Å². The molecule has 3 aromatic carbocycles. The van der Waals surface area contributed by atoms with E-state index in [0.717, 1.165) is 10.9 Å². The number of benzene rings is 3. The van der Waals surface area contributed by atoms with Crippen molar-refractivity contribution in [3.05, 3.63) is 93.9 Å². The van der Waals surface area contributed by atoms with Gasteiger partial charge in [0.05, 0.1) is 19.0 Å². The Morgan fingerprint density at radius 2 is 1.76 bits per heavy atom. The fourth-order valence-electron chi connectivity index (χ4n) is 3.96. The molecule has 0 bridgehead atoms. The summed E-state index contributed by atoms with van der Waals surface area (Å²) in [7, 11) is 1.56. The van der Waals surface area contributed by atoms with Crippen molar-refractivity contribution < 1.29 is 18.7 Å². The summed E-state index contributed by atoms with van der Waals surface area (Å²) in [6, 6.07) is 16.1. The lowest BCUT2D eigenvalue weighted by atomic mass is 10.1. The van der Waals surface area contributed by atoms with Crippen molar-refractivity contribution in [2.75, 3.05) is 12.4 Å². The molecule has 1 heterocycles. The van der Waals surface area contributed by atoms with E-state index in [0.29, 0.717) is 38.8 Å². The number of ether oxygens (including phenoxy) is 1. The Kier molecular flexibility index (Phi) is 6.20. The Morgan fingerprint density at radius 3 is 2.42 bits per heavy atom. The minimum atomic E-state index is -0.380. The molecule has 0 radical (unpaired) electrons. The van der Waals surface area contributed by atoms with Crippen LogP contribution in [0, 0.1) is 19.7 Å². The molecule has 0 spiro atoms. The SMILES string of the molecule is COc1ccc2c(c1)c(CC(=O)Nc1ccc(F)cc1)c(C)n2C(=O)c1ccc(Cl)cc1C. The van der Waals surface area contributed by atoms with Crippen LogP contribution >= 0.6 is 11.6 Å². The second kappa shape index (κ2) is 9.08. The van der Waals surface area contributed by atoms with Gasteiger partial charge in [-0.05, 0) is 85.6 Å². The number of nitrogens with zero attached hydrogens (tertiary/aromatic N) is 1. The zero-order valence-electron chi connectivity index (χ0n) is 18.4. The maximum atomic E-state index is 13.5. The van der Waals surface area contributed by atoms with Crippen LogP contribution in [-0.4, -0.2) is 23.5 Å². The minimum absolute atomic E-state index is 0.0345. The Balaban J connectivity index is 1.77. The molecule has 33 heavy (non-hydrogen) atoms. The summed E-state index contributed by atoms with van der Waals surface area (Å²) in [6.45, 7) is 3.65. The molecular formula is C26H22ClFN2O3. The number of aromatic nitrogens is 1. The average molecular weight is 465 g/mol. The van der Waals surface area contributed by atoms with Crippen molar-refractivity contribution in [3.63, 3.8) is 0 Å². The van der Waals surface area contributed by atoms with E-state index >= 15 is 0 Å². The number of aryl methyl sites for hydroxylation is 1. The van der Waals surface area contributed by atoms with Crippen LogP contribution in [-0.2, 0) is 11.2 Å². The number of nitrogens with one attached hydrogen (secondary N) is 1. The number of anilines is 1. The van der Waals surface area contributed by atoms with Crippen LogP contribution in [0.4, 0.5) is 10.1 Å².